The van der Waals surface area contributed by atoms with Crippen LogP contribution in [0.4, 0.5) is 0 Å². The van der Waals surface area contributed by atoms with Crippen molar-refractivity contribution in [2.75, 3.05) is 13.1 Å². The molecule has 1 amide bonds. The summed E-state index contributed by atoms with van der Waals surface area (Å²) in [7, 11) is 0. The number of carbonyl (C=O) groups is 1. The lowest BCUT2D eigenvalue weighted by atomic mass is 9.83. The van der Waals surface area contributed by atoms with Gasteiger partial charge in [-0.15, -0.1) is 0 Å². The number of nitrogens with one attached hydrogen (secondary N) is 2. The predicted molar refractivity (Wildman–Crippen MR) is 75.0 cm³/mol. The highest BCUT2D eigenvalue weighted by atomic mass is 16.2. The topological polar surface area (TPSA) is 56.7 Å². The monoisotopic (exact) mass is 264 g/mol. The zero-order chi connectivity index (χ0) is 13.7. The second-order valence-corrected chi connectivity index (χ2v) is 7.11. The fourth-order valence-electron chi connectivity index (χ4n) is 3.48. The number of piperidine rings is 1. The molecule has 0 aromatic heterocycles. The summed E-state index contributed by atoms with van der Waals surface area (Å²) in [6, 6.07) is 0.553. The molecule has 2 N–H and O–H groups in total. The summed E-state index contributed by atoms with van der Waals surface area (Å²) in [6.07, 6.45) is 4.21. The maximum atomic E-state index is 12.4. The van der Waals surface area contributed by atoms with Gasteiger partial charge in [0.1, 0.15) is 5.54 Å². The van der Waals surface area contributed by atoms with Gasteiger partial charge in [0.2, 0.25) is 0 Å². The second kappa shape index (κ2) is 4.20. The summed E-state index contributed by atoms with van der Waals surface area (Å²) in [4.78, 5) is 19.6. The number of rotatable bonds is 0. The van der Waals surface area contributed by atoms with E-state index in [2.05, 4.69) is 36.3 Å². The van der Waals surface area contributed by atoms with Crippen molar-refractivity contribution in [2.45, 2.75) is 63.6 Å². The van der Waals surface area contributed by atoms with Crippen LogP contribution in [0.15, 0.2) is 4.99 Å². The molecule has 0 aliphatic carbocycles. The Hall–Kier alpha value is -1.10. The van der Waals surface area contributed by atoms with Crippen molar-refractivity contribution in [1.29, 1.82) is 0 Å². The maximum absolute atomic E-state index is 12.4. The molecule has 1 spiro atoms. The van der Waals surface area contributed by atoms with Crippen molar-refractivity contribution in [3.8, 4) is 0 Å². The zero-order valence-electron chi connectivity index (χ0n) is 12.1. The largest absolute Gasteiger partial charge is 0.351 e. The van der Waals surface area contributed by atoms with Crippen molar-refractivity contribution < 1.29 is 4.79 Å². The smallest absolute Gasteiger partial charge is 0.254 e. The van der Waals surface area contributed by atoms with E-state index >= 15 is 0 Å². The van der Waals surface area contributed by atoms with E-state index in [1.165, 1.54) is 19.4 Å². The summed E-state index contributed by atoms with van der Waals surface area (Å²) in [5, 5.41) is 6.22. The lowest BCUT2D eigenvalue weighted by molar-refractivity contribution is -0.125. The fourth-order valence-corrected chi connectivity index (χ4v) is 3.48. The van der Waals surface area contributed by atoms with Crippen LogP contribution in [0, 0.1) is 0 Å². The number of carbonyl (C=O) groups excluding carboxylic acids is 1. The Kier molecular flexibility index (Phi) is 2.85. The van der Waals surface area contributed by atoms with Gasteiger partial charge in [-0.2, -0.15) is 0 Å². The van der Waals surface area contributed by atoms with Crippen LogP contribution in [0.2, 0.25) is 0 Å². The Balaban J connectivity index is 1.78. The molecule has 2 atom stereocenters. The number of hydrogen-bond donors (Lipinski definition) is 2. The van der Waals surface area contributed by atoms with Crippen LogP contribution in [-0.2, 0) is 4.79 Å². The van der Waals surface area contributed by atoms with Crippen LogP contribution in [0.5, 0.6) is 0 Å². The van der Waals surface area contributed by atoms with Gasteiger partial charge < -0.3 is 10.2 Å². The molecule has 0 radical (unpaired) electrons. The number of fused-ring (bicyclic) bond motifs is 1. The van der Waals surface area contributed by atoms with Crippen molar-refractivity contribution in [1.82, 2.24) is 15.5 Å². The molecule has 106 valence electrons. The van der Waals surface area contributed by atoms with E-state index in [0.29, 0.717) is 12.0 Å². The van der Waals surface area contributed by atoms with E-state index in [0.717, 1.165) is 19.4 Å². The first-order valence-corrected chi connectivity index (χ1v) is 7.32. The first kappa shape index (κ1) is 12.9. The van der Waals surface area contributed by atoms with Gasteiger partial charge in [-0.3, -0.25) is 10.1 Å². The fraction of sp³-hybridized carbons (Fsp3) is 0.857. The number of nitrogens with zero attached hydrogens (tertiary/aromatic N) is 2. The van der Waals surface area contributed by atoms with Crippen LogP contribution in [0.25, 0.3) is 0 Å². The maximum Gasteiger partial charge on any atom is 0.254 e. The Labute approximate surface area is 114 Å². The van der Waals surface area contributed by atoms with Crippen molar-refractivity contribution in [3.05, 3.63) is 0 Å². The van der Waals surface area contributed by atoms with Gasteiger partial charge in [-0.05, 0) is 53.0 Å². The normalized spacial score (nSPS) is 35.2. The van der Waals surface area contributed by atoms with Gasteiger partial charge in [0.05, 0.1) is 0 Å². The van der Waals surface area contributed by atoms with Crippen molar-refractivity contribution in [3.63, 3.8) is 0 Å². The standard InChI is InChI=1S/C14H24N4O/c1-13(2,3)16-12-15-11(19)14(17-12)6-8-18-7-4-5-10(18)9-14/h10H,4-9H2,1-3H3,(H2,15,16,17,19). The van der Waals surface area contributed by atoms with Crippen LogP contribution in [-0.4, -0.2) is 47.0 Å². The molecule has 3 heterocycles. The molecule has 2 saturated heterocycles. The lowest BCUT2D eigenvalue weighted by Crippen LogP contribution is -2.52. The van der Waals surface area contributed by atoms with E-state index in [9.17, 15) is 4.79 Å². The van der Waals surface area contributed by atoms with E-state index in [4.69, 9.17) is 4.99 Å². The van der Waals surface area contributed by atoms with Crippen LogP contribution in [0.1, 0.15) is 46.5 Å². The molecule has 0 aromatic carbocycles. The number of guanidine groups is 1. The first-order valence-electron chi connectivity index (χ1n) is 7.32. The third kappa shape index (κ3) is 2.36. The third-order valence-electron chi connectivity index (χ3n) is 4.36. The summed E-state index contributed by atoms with van der Waals surface area (Å²) in [6.45, 7) is 8.42. The summed E-state index contributed by atoms with van der Waals surface area (Å²) >= 11 is 0. The summed E-state index contributed by atoms with van der Waals surface area (Å²) in [5.74, 6) is 0.745. The number of amides is 1. The molecule has 3 aliphatic rings. The Morgan fingerprint density at radius 3 is 2.95 bits per heavy atom. The molecule has 19 heavy (non-hydrogen) atoms. The highest BCUT2D eigenvalue weighted by molar-refractivity contribution is 6.07. The van der Waals surface area contributed by atoms with Gasteiger partial charge in [0, 0.05) is 18.1 Å². The Morgan fingerprint density at radius 2 is 2.21 bits per heavy atom. The lowest BCUT2D eigenvalue weighted by Gasteiger charge is -2.38. The highest BCUT2D eigenvalue weighted by Gasteiger charge is 2.50. The summed E-state index contributed by atoms with van der Waals surface area (Å²) in [5.41, 5.74) is -0.579. The molecular weight excluding hydrogens is 240 g/mol. The van der Waals surface area contributed by atoms with Crippen molar-refractivity contribution in [2.24, 2.45) is 4.99 Å². The average Bonchev–Trinajstić information content (AvgIpc) is 2.82. The number of aliphatic imine (C=N–C) groups is 1. The van der Waals surface area contributed by atoms with Gasteiger partial charge in [0.15, 0.2) is 5.96 Å². The Morgan fingerprint density at radius 1 is 1.42 bits per heavy atom. The zero-order valence-corrected chi connectivity index (χ0v) is 12.1. The average molecular weight is 264 g/mol. The minimum atomic E-state index is -0.501. The van der Waals surface area contributed by atoms with Crippen LogP contribution in [0.3, 0.4) is 0 Å². The van der Waals surface area contributed by atoms with Gasteiger partial charge in [0.25, 0.3) is 5.91 Å². The van der Waals surface area contributed by atoms with Crippen molar-refractivity contribution >= 4 is 11.9 Å². The molecular formula is C14H24N4O. The first-order chi connectivity index (χ1) is 8.88. The van der Waals surface area contributed by atoms with E-state index in [-0.39, 0.29) is 11.4 Å². The molecule has 2 fully saturated rings. The minimum Gasteiger partial charge on any atom is -0.351 e. The molecule has 5 nitrogen and oxygen atoms in total. The third-order valence-corrected chi connectivity index (χ3v) is 4.36. The van der Waals surface area contributed by atoms with E-state index in [1.807, 2.05) is 0 Å². The van der Waals surface area contributed by atoms with Gasteiger partial charge in [-0.1, -0.05) is 0 Å². The molecule has 3 aliphatic heterocycles. The van der Waals surface area contributed by atoms with Crippen LogP contribution >= 0.6 is 0 Å². The minimum absolute atomic E-state index is 0.0777. The predicted octanol–water partition coefficient (Wildman–Crippen LogP) is 0.857. The van der Waals surface area contributed by atoms with E-state index < -0.39 is 5.54 Å². The van der Waals surface area contributed by atoms with Crippen LogP contribution < -0.4 is 10.6 Å². The molecule has 0 bridgehead atoms. The molecule has 0 aromatic rings. The summed E-state index contributed by atoms with van der Waals surface area (Å²) < 4.78 is 0. The quantitative estimate of drug-likeness (QED) is 0.682. The Bertz CT molecular complexity index is 426. The number of hydrogen-bond acceptors (Lipinski definition) is 4. The molecule has 3 rings (SSSR count). The van der Waals surface area contributed by atoms with E-state index in [1.54, 1.807) is 0 Å². The SMILES string of the molecule is CC(C)(C)NC1=NC2(CCN3CCCC3C2)C(=O)N1. The molecule has 0 saturated carbocycles. The van der Waals surface area contributed by atoms with Gasteiger partial charge in [-0.25, -0.2) is 4.99 Å². The highest BCUT2D eigenvalue weighted by Crippen LogP contribution is 2.37. The second-order valence-electron chi connectivity index (χ2n) is 7.11. The van der Waals surface area contributed by atoms with Gasteiger partial charge >= 0.3 is 0 Å². The molecule has 2 unspecified atom stereocenters. The molecule has 5 heteroatoms.